The van der Waals surface area contributed by atoms with Crippen LogP contribution >= 0.6 is 15.9 Å². The highest BCUT2D eigenvalue weighted by atomic mass is 79.9. The molecule has 2 aliphatic heterocycles. The van der Waals surface area contributed by atoms with E-state index in [1.54, 1.807) is 26.0 Å². The number of hydrogen-bond acceptors (Lipinski definition) is 4. The van der Waals surface area contributed by atoms with Crippen LogP contribution in [0.1, 0.15) is 19.4 Å². The van der Waals surface area contributed by atoms with Crippen molar-refractivity contribution in [1.29, 1.82) is 0 Å². The molecular formula is C14H16BrFN2O2S. The monoisotopic (exact) mass is 374 g/mol. The first-order valence-electron chi connectivity index (χ1n) is 6.59. The second kappa shape index (κ2) is 4.86. The Hall–Kier alpha value is -0.790. The lowest BCUT2D eigenvalue weighted by Gasteiger charge is -2.40. The zero-order valence-electron chi connectivity index (χ0n) is 11.7. The second-order valence-corrected chi connectivity index (χ2v) is 8.96. The molecule has 0 aromatic heterocycles. The predicted molar refractivity (Wildman–Crippen MR) is 84.2 cm³/mol. The Morgan fingerprint density at radius 3 is 2.95 bits per heavy atom. The Bertz CT molecular complexity index is 664. The molecular weight excluding hydrogens is 359 g/mol. The quantitative estimate of drug-likeness (QED) is 0.818. The van der Waals surface area contributed by atoms with E-state index in [0.717, 1.165) is 4.47 Å². The number of benzene rings is 1. The van der Waals surface area contributed by atoms with Gasteiger partial charge in [-0.05, 0) is 32.0 Å². The maximum Gasteiger partial charge on any atom is 0.130 e. The lowest BCUT2D eigenvalue weighted by molar-refractivity contribution is 0.178. The number of fused-ring (bicyclic) bond motifs is 1. The summed E-state index contributed by atoms with van der Waals surface area (Å²) in [5.74, 6) is -0.107. The van der Waals surface area contributed by atoms with Gasteiger partial charge in [0, 0.05) is 20.8 Å². The summed E-state index contributed by atoms with van der Waals surface area (Å²) in [4.78, 5) is 4.57. The molecule has 0 amide bonds. The minimum absolute atomic E-state index is 0.188. The Labute approximate surface area is 133 Å². The van der Waals surface area contributed by atoms with Gasteiger partial charge in [-0.2, -0.15) is 0 Å². The van der Waals surface area contributed by atoms with E-state index in [2.05, 4.69) is 20.9 Å². The van der Waals surface area contributed by atoms with Crippen LogP contribution in [0, 0.1) is 5.82 Å². The van der Waals surface area contributed by atoms with E-state index in [1.807, 2.05) is 0 Å². The normalized spacial score (nSPS) is 34.4. The number of aliphatic imine (C=N–C) groups is 1. The van der Waals surface area contributed by atoms with Gasteiger partial charge in [0.15, 0.2) is 0 Å². The highest BCUT2D eigenvalue weighted by Gasteiger charge is 2.57. The van der Waals surface area contributed by atoms with Crippen molar-refractivity contribution in [3.63, 3.8) is 0 Å². The third-order valence-corrected chi connectivity index (χ3v) is 6.97. The summed E-state index contributed by atoms with van der Waals surface area (Å²) in [6, 6.07) is 4.67. The summed E-state index contributed by atoms with van der Waals surface area (Å²) in [6.45, 7) is 4.06. The Morgan fingerprint density at radius 1 is 1.52 bits per heavy atom. The zero-order chi connectivity index (χ0) is 15.4. The topological polar surface area (TPSA) is 64.7 Å². The fraction of sp³-hybridized carbons (Fsp3) is 0.500. The third kappa shape index (κ3) is 2.09. The third-order valence-electron chi connectivity index (χ3n) is 4.22. The molecule has 0 radical (unpaired) electrons. The van der Waals surface area contributed by atoms with Crippen LogP contribution in [0.3, 0.4) is 0 Å². The molecule has 3 unspecified atom stereocenters. The fourth-order valence-electron chi connectivity index (χ4n) is 2.84. The van der Waals surface area contributed by atoms with Crippen molar-refractivity contribution in [3.05, 3.63) is 34.1 Å². The van der Waals surface area contributed by atoms with Crippen molar-refractivity contribution < 1.29 is 13.3 Å². The highest BCUT2D eigenvalue weighted by Crippen LogP contribution is 2.45. The van der Waals surface area contributed by atoms with Gasteiger partial charge in [-0.25, -0.2) is 4.39 Å². The van der Waals surface area contributed by atoms with Crippen LogP contribution in [0.5, 0.6) is 0 Å². The standard InChI is InChI=1S/C14H16BrFN2O2S/c1-13(2)12(17)18-14(7-20-6-11(14)21(13)19)9-5-8(15)3-4-10(9)16/h3-5,11H,6-7H2,1-2H3,(H2,17,18). The summed E-state index contributed by atoms with van der Waals surface area (Å²) in [6.07, 6.45) is 0. The van der Waals surface area contributed by atoms with E-state index in [9.17, 15) is 8.60 Å². The summed E-state index contributed by atoms with van der Waals surface area (Å²) < 4.78 is 32.7. The van der Waals surface area contributed by atoms with E-state index in [4.69, 9.17) is 10.5 Å². The molecule has 0 bridgehead atoms. The Kier molecular flexibility index (Phi) is 3.50. The molecule has 2 aliphatic rings. The molecule has 7 heteroatoms. The molecule has 3 rings (SSSR count). The van der Waals surface area contributed by atoms with Gasteiger partial charge < -0.3 is 10.5 Å². The molecule has 1 aromatic carbocycles. The minimum Gasteiger partial charge on any atom is -0.386 e. The van der Waals surface area contributed by atoms with Crippen LogP contribution in [0.2, 0.25) is 0 Å². The minimum atomic E-state index is -1.30. The van der Waals surface area contributed by atoms with Gasteiger partial charge >= 0.3 is 0 Å². The number of halogens is 2. The largest absolute Gasteiger partial charge is 0.386 e. The van der Waals surface area contributed by atoms with E-state index in [-0.39, 0.29) is 18.3 Å². The number of amidine groups is 1. The van der Waals surface area contributed by atoms with Crippen molar-refractivity contribution in [1.82, 2.24) is 0 Å². The van der Waals surface area contributed by atoms with E-state index in [1.165, 1.54) is 6.07 Å². The molecule has 1 aromatic rings. The van der Waals surface area contributed by atoms with E-state index < -0.39 is 26.3 Å². The molecule has 2 heterocycles. The van der Waals surface area contributed by atoms with Crippen molar-refractivity contribution in [2.24, 2.45) is 10.7 Å². The average molecular weight is 375 g/mol. The van der Waals surface area contributed by atoms with Crippen LogP contribution in [0.25, 0.3) is 0 Å². The SMILES string of the molecule is CC1(C)C(N)=NC2(c3cc(Br)ccc3F)COCC2S1=O. The summed E-state index contributed by atoms with van der Waals surface area (Å²) >= 11 is 3.35. The van der Waals surface area contributed by atoms with Crippen LogP contribution in [-0.2, 0) is 21.1 Å². The first-order valence-corrected chi connectivity index (χ1v) is 8.59. The molecule has 1 saturated heterocycles. The van der Waals surface area contributed by atoms with Crippen molar-refractivity contribution in [2.75, 3.05) is 13.2 Å². The predicted octanol–water partition coefficient (Wildman–Crippen LogP) is 2.08. The van der Waals surface area contributed by atoms with Crippen molar-refractivity contribution >= 4 is 32.6 Å². The maximum atomic E-state index is 14.3. The number of hydrogen-bond donors (Lipinski definition) is 1. The molecule has 0 spiro atoms. The lowest BCUT2D eigenvalue weighted by Crippen LogP contribution is -2.57. The van der Waals surface area contributed by atoms with Crippen LogP contribution in [-0.4, -0.2) is 33.3 Å². The van der Waals surface area contributed by atoms with Crippen LogP contribution in [0.4, 0.5) is 4.39 Å². The van der Waals surface area contributed by atoms with Crippen LogP contribution in [0.15, 0.2) is 27.7 Å². The van der Waals surface area contributed by atoms with Crippen molar-refractivity contribution in [3.8, 4) is 0 Å². The second-order valence-electron chi connectivity index (χ2n) is 5.86. The van der Waals surface area contributed by atoms with Gasteiger partial charge in [0.05, 0.1) is 23.2 Å². The van der Waals surface area contributed by atoms with Crippen LogP contribution < -0.4 is 5.73 Å². The number of nitrogens with zero attached hydrogens (tertiary/aromatic N) is 1. The molecule has 3 atom stereocenters. The average Bonchev–Trinajstić information content (AvgIpc) is 2.84. The van der Waals surface area contributed by atoms with Gasteiger partial charge in [0.2, 0.25) is 0 Å². The molecule has 114 valence electrons. The van der Waals surface area contributed by atoms with Gasteiger partial charge in [0.25, 0.3) is 0 Å². The Morgan fingerprint density at radius 2 is 2.24 bits per heavy atom. The lowest BCUT2D eigenvalue weighted by atomic mass is 9.88. The first kappa shape index (κ1) is 15.1. The summed E-state index contributed by atoms with van der Waals surface area (Å²) in [7, 11) is -1.30. The molecule has 1 fully saturated rings. The molecule has 21 heavy (non-hydrogen) atoms. The number of nitrogens with two attached hydrogens (primary N) is 1. The Balaban J connectivity index is 2.25. The molecule has 0 aliphatic carbocycles. The maximum absolute atomic E-state index is 14.3. The van der Waals surface area contributed by atoms with Crippen molar-refractivity contribution in [2.45, 2.75) is 29.4 Å². The summed E-state index contributed by atoms with van der Waals surface area (Å²) in [5, 5.41) is -0.399. The first-order chi connectivity index (χ1) is 9.79. The van der Waals surface area contributed by atoms with Gasteiger partial charge in [-0.3, -0.25) is 9.20 Å². The number of ether oxygens (including phenoxy) is 1. The molecule has 4 nitrogen and oxygen atoms in total. The van der Waals surface area contributed by atoms with Gasteiger partial charge in [0.1, 0.15) is 17.2 Å². The number of rotatable bonds is 1. The van der Waals surface area contributed by atoms with Gasteiger partial charge in [-0.1, -0.05) is 15.9 Å². The highest BCUT2D eigenvalue weighted by molar-refractivity contribution is 9.10. The molecule has 0 saturated carbocycles. The fourth-order valence-corrected chi connectivity index (χ4v) is 4.99. The summed E-state index contributed by atoms with van der Waals surface area (Å²) in [5.41, 5.74) is 5.42. The van der Waals surface area contributed by atoms with E-state index in [0.29, 0.717) is 12.2 Å². The van der Waals surface area contributed by atoms with Gasteiger partial charge in [-0.15, -0.1) is 0 Å². The zero-order valence-corrected chi connectivity index (χ0v) is 14.1. The smallest absolute Gasteiger partial charge is 0.130 e. The van der Waals surface area contributed by atoms with E-state index >= 15 is 0 Å². The molecule has 2 N–H and O–H groups in total.